The number of likely N-dealkylation sites (tertiary alicyclic amines) is 1. The van der Waals surface area contributed by atoms with Gasteiger partial charge in [0.15, 0.2) is 5.78 Å². The summed E-state index contributed by atoms with van der Waals surface area (Å²) in [5.41, 5.74) is 0.783. The SMILES string of the molecule is COc1ccc(C(=O)C(C)CN2CCCCC2)cc1. The van der Waals surface area contributed by atoms with Crippen LogP contribution in [-0.4, -0.2) is 37.4 Å². The molecular weight excluding hydrogens is 238 g/mol. The van der Waals surface area contributed by atoms with Crippen LogP contribution in [0.1, 0.15) is 36.5 Å². The summed E-state index contributed by atoms with van der Waals surface area (Å²) in [6, 6.07) is 7.41. The maximum atomic E-state index is 12.4. The maximum Gasteiger partial charge on any atom is 0.166 e. The van der Waals surface area contributed by atoms with Gasteiger partial charge < -0.3 is 9.64 Å². The zero-order chi connectivity index (χ0) is 13.7. The zero-order valence-corrected chi connectivity index (χ0v) is 11.9. The minimum Gasteiger partial charge on any atom is -0.497 e. The van der Waals surface area contributed by atoms with Crippen molar-refractivity contribution in [1.82, 2.24) is 4.90 Å². The highest BCUT2D eigenvalue weighted by atomic mass is 16.5. The molecule has 0 radical (unpaired) electrons. The second-order valence-electron chi connectivity index (χ2n) is 5.36. The fourth-order valence-corrected chi connectivity index (χ4v) is 2.65. The van der Waals surface area contributed by atoms with Crippen LogP contribution < -0.4 is 4.74 Å². The summed E-state index contributed by atoms with van der Waals surface area (Å²) in [6.45, 7) is 5.19. The lowest BCUT2D eigenvalue weighted by Gasteiger charge is -2.28. The molecule has 1 atom stereocenters. The first-order valence-electron chi connectivity index (χ1n) is 7.11. The lowest BCUT2D eigenvalue weighted by Crippen LogP contribution is -2.35. The Balaban J connectivity index is 1.93. The number of hydrogen-bond acceptors (Lipinski definition) is 3. The molecule has 0 amide bonds. The van der Waals surface area contributed by atoms with E-state index < -0.39 is 0 Å². The van der Waals surface area contributed by atoms with Gasteiger partial charge in [-0.2, -0.15) is 0 Å². The fourth-order valence-electron chi connectivity index (χ4n) is 2.65. The van der Waals surface area contributed by atoms with E-state index in [0.717, 1.165) is 30.9 Å². The van der Waals surface area contributed by atoms with Crippen molar-refractivity contribution < 1.29 is 9.53 Å². The van der Waals surface area contributed by atoms with Gasteiger partial charge in [-0.05, 0) is 50.2 Å². The smallest absolute Gasteiger partial charge is 0.166 e. The second kappa shape index (κ2) is 6.71. The summed E-state index contributed by atoms with van der Waals surface area (Å²) < 4.78 is 5.11. The highest BCUT2D eigenvalue weighted by molar-refractivity contribution is 5.97. The first-order chi connectivity index (χ1) is 9.20. The molecule has 0 bridgehead atoms. The standard InChI is InChI=1S/C16H23NO2/c1-13(12-17-10-4-3-5-11-17)16(18)14-6-8-15(19-2)9-7-14/h6-9,13H,3-5,10-12H2,1-2H3. The molecule has 0 aliphatic carbocycles. The van der Waals surface area contributed by atoms with E-state index in [9.17, 15) is 4.79 Å². The molecule has 1 aromatic carbocycles. The molecule has 1 aromatic rings. The minimum atomic E-state index is 0.0616. The molecule has 0 saturated carbocycles. The van der Waals surface area contributed by atoms with Gasteiger partial charge in [0, 0.05) is 18.0 Å². The zero-order valence-electron chi connectivity index (χ0n) is 11.9. The molecule has 1 heterocycles. The van der Waals surface area contributed by atoms with Crippen molar-refractivity contribution in [1.29, 1.82) is 0 Å². The molecule has 19 heavy (non-hydrogen) atoms. The van der Waals surface area contributed by atoms with Crippen molar-refractivity contribution in [2.24, 2.45) is 5.92 Å². The van der Waals surface area contributed by atoms with Gasteiger partial charge in [-0.3, -0.25) is 4.79 Å². The monoisotopic (exact) mass is 261 g/mol. The number of methoxy groups -OCH3 is 1. The summed E-state index contributed by atoms with van der Waals surface area (Å²) in [6.07, 6.45) is 3.87. The van der Waals surface area contributed by atoms with Crippen LogP contribution in [0.25, 0.3) is 0 Å². The Kier molecular flexibility index (Phi) is 4.97. The number of ketones is 1. The Morgan fingerprint density at radius 3 is 2.42 bits per heavy atom. The first kappa shape index (κ1) is 14.1. The third kappa shape index (κ3) is 3.80. The van der Waals surface area contributed by atoms with Crippen LogP contribution in [0, 0.1) is 5.92 Å². The van der Waals surface area contributed by atoms with Crippen molar-refractivity contribution in [3.8, 4) is 5.75 Å². The van der Waals surface area contributed by atoms with Crippen LogP contribution in [0.4, 0.5) is 0 Å². The Labute approximate surface area is 115 Å². The van der Waals surface area contributed by atoms with E-state index in [1.165, 1.54) is 19.3 Å². The number of carbonyl (C=O) groups excluding carboxylic acids is 1. The average molecular weight is 261 g/mol. The van der Waals surface area contributed by atoms with Gasteiger partial charge in [-0.15, -0.1) is 0 Å². The molecule has 1 unspecified atom stereocenters. The van der Waals surface area contributed by atoms with Crippen LogP contribution in [-0.2, 0) is 0 Å². The Bertz CT molecular complexity index is 407. The van der Waals surface area contributed by atoms with Crippen LogP contribution in [0.15, 0.2) is 24.3 Å². The summed E-state index contributed by atoms with van der Waals surface area (Å²) in [7, 11) is 1.63. The van der Waals surface area contributed by atoms with Crippen LogP contribution in [0.5, 0.6) is 5.75 Å². The molecule has 0 aromatic heterocycles. The molecule has 1 saturated heterocycles. The van der Waals surface area contributed by atoms with Crippen molar-refractivity contribution in [2.45, 2.75) is 26.2 Å². The van der Waals surface area contributed by atoms with Gasteiger partial charge in [0.2, 0.25) is 0 Å². The third-order valence-electron chi connectivity index (χ3n) is 3.80. The Morgan fingerprint density at radius 1 is 1.21 bits per heavy atom. The van der Waals surface area contributed by atoms with Gasteiger partial charge in [-0.25, -0.2) is 0 Å². The average Bonchev–Trinajstić information content (AvgIpc) is 2.47. The van der Waals surface area contributed by atoms with Crippen LogP contribution >= 0.6 is 0 Å². The van der Waals surface area contributed by atoms with Crippen molar-refractivity contribution >= 4 is 5.78 Å². The van der Waals surface area contributed by atoms with E-state index in [-0.39, 0.29) is 11.7 Å². The van der Waals surface area contributed by atoms with E-state index >= 15 is 0 Å². The second-order valence-corrected chi connectivity index (χ2v) is 5.36. The summed E-state index contributed by atoms with van der Waals surface area (Å²) >= 11 is 0. The van der Waals surface area contributed by atoms with Crippen molar-refractivity contribution in [2.75, 3.05) is 26.7 Å². The molecule has 3 heteroatoms. The van der Waals surface area contributed by atoms with E-state index in [1.807, 2.05) is 31.2 Å². The molecule has 104 valence electrons. The third-order valence-corrected chi connectivity index (χ3v) is 3.80. The Morgan fingerprint density at radius 2 is 1.84 bits per heavy atom. The molecule has 3 nitrogen and oxygen atoms in total. The largest absolute Gasteiger partial charge is 0.497 e. The number of ether oxygens (including phenoxy) is 1. The van der Waals surface area contributed by atoms with Crippen molar-refractivity contribution in [3.63, 3.8) is 0 Å². The number of carbonyl (C=O) groups is 1. The van der Waals surface area contributed by atoms with Gasteiger partial charge in [-0.1, -0.05) is 13.3 Å². The number of rotatable bonds is 5. The molecule has 1 aliphatic rings. The van der Waals surface area contributed by atoms with E-state index in [0.29, 0.717) is 0 Å². The maximum absolute atomic E-state index is 12.4. The normalized spacial score (nSPS) is 18.0. The number of hydrogen-bond donors (Lipinski definition) is 0. The summed E-state index contributed by atoms with van der Waals surface area (Å²) in [5, 5.41) is 0. The van der Waals surface area contributed by atoms with Gasteiger partial charge >= 0.3 is 0 Å². The number of piperidine rings is 1. The molecule has 0 N–H and O–H groups in total. The fraction of sp³-hybridized carbons (Fsp3) is 0.562. The number of benzene rings is 1. The molecular formula is C16H23NO2. The van der Waals surface area contributed by atoms with Gasteiger partial charge in [0.05, 0.1) is 7.11 Å². The first-order valence-corrected chi connectivity index (χ1v) is 7.11. The lowest BCUT2D eigenvalue weighted by atomic mass is 9.98. The molecule has 1 fully saturated rings. The highest BCUT2D eigenvalue weighted by Gasteiger charge is 2.19. The van der Waals surface area contributed by atoms with Crippen LogP contribution in [0.2, 0.25) is 0 Å². The predicted octanol–water partition coefficient (Wildman–Crippen LogP) is 3.00. The summed E-state index contributed by atoms with van der Waals surface area (Å²) in [5.74, 6) is 1.08. The number of Topliss-reactive ketones (excluding diaryl/α,β-unsaturated/α-hetero) is 1. The van der Waals surface area contributed by atoms with E-state index in [1.54, 1.807) is 7.11 Å². The predicted molar refractivity (Wildman–Crippen MR) is 76.8 cm³/mol. The molecule has 1 aliphatic heterocycles. The summed E-state index contributed by atoms with van der Waals surface area (Å²) in [4.78, 5) is 14.8. The van der Waals surface area contributed by atoms with E-state index in [4.69, 9.17) is 4.74 Å². The topological polar surface area (TPSA) is 29.5 Å². The molecule has 0 spiro atoms. The van der Waals surface area contributed by atoms with Gasteiger partial charge in [0.1, 0.15) is 5.75 Å². The quantitative estimate of drug-likeness (QED) is 0.763. The van der Waals surface area contributed by atoms with Gasteiger partial charge in [0.25, 0.3) is 0 Å². The number of nitrogens with zero attached hydrogens (tertiary/aromatic N) is 1. The van der Waals surface area contributed by atoms with Crippen molar-refractivity contribution in [3.05, 3.63) is 29.8 Å². The van der Waals surface area contributed by atoms with Crippen LogP contribution in [0.3, 0.4) is 0 Å². The lowest BCUT2D eigenvalue weighted by molar-refractivity contribution is 0.0883. The molecule has 2 rings (SSSR count). The Hall–Kier alpha value is -1.35. The highest BCUT2D eigenvalue weighted by Crippen LogP contribution is 2.17. The van der Waals surface area contributed by atoms with E-state index in [2.05, 4.69) is 4.90 Å². The minimum absolute atomic E-state index is 0.0616.